The minimum Gasteiger partial charge on any atom is -0.548 e. The summed E-state index contributed by atoms with van der Waals surface area (Å²) in [7, 11) is 0. The number of carboxylic acid groups (broad SMARTS) is 2. The second-order valence-corrected chi connectivity index (χ2v) is 6.69. The molecule has 26 heavy (non-hydrogen) atoms. The fourth-order valence-electron chi connectivity index (χ4n) is 2.80. The zero-order valence-corrected chi connectivity index (χ0v) is 18.8. The molecule has 0 heterocycles. The standard InChI is InChI=1S/C19H35NO5.Na/c1-3-4-5-6-7-8-9-10-11-12-13-14-17(21)20(15-18(22)23)16(2)19(24)25;/h16H,3-15H2,1-2H3,(H,22,23)(H,24,25);/q;+1/p-1. The number of nitrogens with zero attached hydrogens (tertiary/aromatic N) is 1. The molecule has 1 unspecified atom stereocenters. The molecule has 1 atom stereocenters. The fourth-order valence-corrected chi connectivity index (χ4v) is 2.80. The number of hydrogen-bond donors (Lipinski definition) is 1. The van der Waals surface area contributed by atoms with Gasteiger partial charge in [0.25, 0.3) is 0 Å². The predicted molar refractivity (Wildman–Crippen MR) is 94.9 cm³/mol. The summed E-state index contributed by atoms with van der Waals surface area (Å²) >= 11 is 0. The van der Waals surface area contributed by atoms with E-state index in [0.717, 1.165) is 24.2 Å². The van der Waals surface area contributed by atoms with E-state index in [2.05, 4.69) is 6.92 Å². The van der Waals surface area contributed by atoms with E-state index in [1.165, 1.54) is 51.9 Å². The van der Waals surface area contributed by atoms with Crippen LogP contribution >= 0.6 is 0 Å². The van der Waals surface area contributed by atoms with E-state index >= 15 is 0 Å². The number of carbonyl (C=O) groups excluding carboxylic acids is 2. The molecule has 0 aliphatic heterocycles. The Balaban J connectivity index is 0. The third-order valence-electron chi connectivity index (χ3n) is 4.44. The summed E-state index contributed by atoms with van der Waals surface area (Å²) in [6.45, 7) is 2.85. The van der Waals surface area contributed by atoms with Crippen molar-refractivity contribution in [3.05, 3.63) is 0 Å². The van der Waals surface area contributed by atoms with Crippen molar-refractivity contribution in [1.82, 2.24) is 4.90 Å². The minimum atomic E-state index is -1.44. The Kier molecular flexibility index (Phi) is 18.9. The number of aliphatic carboxylic acids is 2. The van der Waals surface area contributed by atoms with Gasteiger partial charge in [-0.3, -0.25) is 4.79 Å². The second kappa shape index (κ2) is 17.8. The van der Waals surface area contributed by atoms with E-state index in [1.54, 1.807) is 0 Å². The quantitative estimate of drug-likeness (QED) is 0.294. The maximum absolute atomic E-state index is 12.1. The molecule has 0 aliphatic rings. The van der Waals surface area contributed by atoms with E-state index in [0.29, 0.717) is 6.42 Å². The van der Waals surface area contributed by atoms with Crippen LogP contribution in [0.3, 0.4) is 0 Å². The molecule has 1 amide bonds. The Morgan fingerprint density at radius 2 is 1.31 bits per heavy atom. The average molecular weight is 379 g/mol. The molecule has 0 rings (SSSR count). The van der Waals surface area contributed by atoms with Crippen molar-refractivity contribution in [3.63, 3.8) is 0 Å². The molecule has 1 N–H and O–H groups in total. The van der Waals surface area contributed by atoms with E-state index < -0.39 is 30.4 Å². The number of unbranched alkanes of at least 4 members (excludes halogenated alkanes) is 10. The zero-order chi connectivity index (χ0) is 19.1. The first kappa shape index (κ1) is 27.6. The summed E-state index contributed by atoms with van der Waals surface area (Å²) in [6, 6.07) is -1.15. The van der Waals surface area contributed by atoms with Crippen LogP contribution in [0.25, 0.3) is 0 Å². The number of hydrogen-bond acceptors (Lipinski definition) is 4. The molecule has 0 aliphatic carbocycles. The maximum Gasteiger partial charge on any atom is 1.00 e. The first-order valence-electron chi connectivity index (χ1n) is 9.62. The summed E-state index contributed by atoms with van der Waals surface area (Å²) in [4.78, 5) is 34.6. The Labute approximate surface area is 180 Å². The van der Waals surface area contributed by atoms with Crippen LogP contribution in [0.1, 0.15) is 90.9 Å². The SMILES string of the molecule is CCCCCCCCCCCCCC(=O)N(CC(=O)[O-])C(C)C(=O)O.[Na+]. The van der Waals surface area contributed by atoms with Crippen molar-refractivity contribution < 1.29 is 54.2 Å². The Bertz CT molecular complexity index is 403. The van der Waals surface area contributed by atoms with Gasteiger partial charge in [-0.1, -0.05) is 71.1 Å². The van der Waals surface area contributed by atoms with Gasteiger partial charge in [0.1, 0.15) is 6.04 Å². The topological polar surface area (TPSA) is 97.7 Å². The molecule has 146 valence electrons. The first-order chi connectivity index (χ1) is 11.9. The first-order valence-corrected chi connectivity index (χ1v) is 9.62. The number of rotatable bonds is 16. The van der Waals surface area contributed by atoms with Gasteiger partial charge in [-0.15, -0.1) is 0 Å². The molecule has 6 nitrogen and oxygen atoms in total. The number of carbonyl (C=O) groups is 3. The molecule has 0 fully saturated rings. The Morgan fingerprint density at radius 3 is 1.69 bits per heavy atom. The zero-order valence-electron chi connectivity index (χ0n) is 16.8. The number of carboxylic acids is 2. The molecule has 0 saturated heterocycles. The molecule has 0 radical (unpaired) electrons. The van der Waals surface area contributed by atoms with Crippen LogP contribution in [0.2, 0.25) is 0 Å². The van der Waals surface area contributed by atoms with E-state index in [9.17, 15) is 19.5 Å². The molecular weight excluding hydrogens is 345 g/mol. The molecule has 0 aromatic carbocycles. The number of amides is 1. The van der Waals surface area contributed by atoms with Crippen LogP contribution in [0, 0.1) is 0 Å². The van der Waals surface area contributed by atoms with Crippen LogP contribution in [0.5, 0.6) is 0 Å². The Hall–Kier alpha value is -0.590. The summed E-state index contributed by atoms with van der Waals surface area (Å²) in [5, 5.41) is 19.7. The average Bonchev–Trinajstić information content (AvgIpc) is 2.56. The van der Waals surface area contributed by atoms with Crippen molar-refractivity contribution in [2.75, 3.05) is 6.54 Å². The molecule has 0 aromatic heterocycles. The van der Waals surface area contributed by atoms with Gasteiger partial charge in [-0.05, 0) is 13.3 Å². The molecular formula is C19H34NNaO5. The van der Waals surface area contributed by atoms with Gasteiger partial charge < -0.3 is 19.9 Å². The maximum atomic E-state index is 12.1. The van der Waals surface area contributed by atoms with Crippen LogP contribution in [0.15, 0.2) is 0 Å². The van der Waals surface area contributed by atoms with Crippen LogP contribution in [-0.2, 0) is 14.4 Å². The van der Waals surface area contributed by atoms with Gasteiger partial charge in [-0.2, -0.15) is 0 Å². The monoisotopic (exact) mass is 379 g/mol. The second-order valence-electron chi connectivity index (χ2n) is 6.69. The van der Waals surface area contributed by atoms with Gasteiger partial charge in [0.05, 0.1) is 12.5 Å². The Morgan fingerprint density at radius 1 is 0.885 bits per heavy atom. The van der Waals surface area contributed by atoms with Gasteiger partial charge >= 0.3 is 35.5 Å². The van der Waals surface area contributed by atoms with Crippen LogP contribution in [0.4, 0.5) is 0 Å². The normalized spacial score (nSPS) is 11.5. The van der Waals surface area contributed by atoms with E-state index in [1.807, 2.05) is 0 Å². The molecule has 0 bridgehead atoms. The largest absolute Gasteiger partial charge is 1.00 e. The fraction of sp³-hybridized carbons (Fsp3) is 0.842. The van der Waals surface area contributed by atoms with E-state index in [4.69, 9.17) is 5.11 Å². The predicted octanol–water partition coefficient (Wildman–Crippen LogP) is -0.257. The molecule has 0 aromatic rings. The van der Waals surface area contributed by atoms with Gasteiger partial charge in [-0.25, -0.2) is 4.79 Å². The van der Waals surface area contributed by atoms with Crippen molar-refractivity contribution in [2.24, 2.45) is 0 Å². The molecule has 0 spiro atoms. The minimum absolute atomic E-state index is 0. The van der Waals surface area contributed by atoms with Crippen LogP contribution in [-0.4, -0.2) is 40.4 Å². The summed E-state index contributed by atoms with van der Waals surface area (Å²) in [5.74, 6) is -3.09. The van der Waals surface area contributed by atoms with E-state index in [-0.39, 0.29) is 36.0 Å². The van der Waals surface area contributed by atoms with Crippen molar-refractivity contribution in [1.29, 1.82) is 0 Å². The third kappa shape index (κ3) is 14.6. The molecule has 7 heteroatoms. The van der Waals surface area contributed by atoms with Crippen LogP contribution < -0.4 is 34.7 Å². The van der Waals surface area contributed by atoms with Crippen molar-refractivity contribution >= 4 is 17.8 Å². The van der Waals surface area contributed by atoms with Gasteiger partial charge in [0.2, 0.25) is 5.91 Å². The third-order valence-corrected chi connectivity index (χ3v) is 4.44. The summed E-state index contributed by atoms with van der Waals surface area (Å²) in [6.07, 6.45) is 13.0. The van der Waals surface area contributed by atoms with Crippen molar-refractivity contribution in [2.45, 2.75) is 96.9 Å². The smallest absolute Gasteiger partial charge is 0.548 e. The summed E-state index contributed by atoms with van der Waals surface area (Å²) in [5.41, 5.74) is 0. The van der Waals surface area contributed by atoms with Gasteiger partial charge in [0.15, 0.2) is 0 Å². The summed E-state index contributed by atoms with van der Waals surface area (Å²) < 4.78 is 0. The molecule has 0 saturated carbocycles. The van der Waals surface area contributed by atoms with Crippen molar-refractivity contribution in [3.8, 4) is 0 Å². The van der Waals surface area contributed by atoms with Gasteiger partial charge in [0, 0.05) is 6.42 Å².